The highest BCUT2D eigenvalue weighted by Gasteiger charge is 2.43. The molecule has 1 aromatic carbocycles. The number of carbonyl (C=O) groups excluding carboxylic acids is 2. The highest BCUT2D eigenvalue weighted by Crippen LogP contribution is 2.31. The third-order valence-electron chi connectivity index (χ3n) is 4.71. The second-order valence-electron chi connectivity index (χ2n) is 6.65. The van der Waals surface area contributed by atoms with Crippen LogP contribution in [0.2, 0.25) is 0 Å². The van der Waals surface area contributed by atoms with Crippen molar-refractivity contribution in [1.29, 1.82) is 0 Å². The zero-order chi connectivity index (χ0) is 20.0. The van der Waals surface area contributed by atoms with Crippen LogP contribution in [0.4, 0.5) is 13.2 Å². The number of alkyl halides is 3. The largest absolute Gasteiger partial charge is 0.416 e. The van der Waals surface area contributed by atoms with Crippen LogP contribution in [0.15, 0.2) is 29.2 Å². The zero-order valence-electron chi connectivity index (χ0n) is 14.3. The van der Waals surface area contributed by atoms with Gasteiger partial charge in [-0.2, -0.15) is 13.2 Å². The van der Waals surface area contributed by atoms with Gasteiger partial charge in [0.15, 0.2) is 0 Å². The third kappa shape index (κ3) is 3.93. The van der Waals surface area contributed by atoms with Crippen LogP contribution in [0.5, 0.6) is 0 Å². The van der Waals surface area contributed by atoms with Crippen molar-refractivity contribution in [2.24, 2.45) is 0 Å². The summed E-state index contributed by atoms with van der Waals surface area (Å²) in [5.41, 5.74) is -1.06. The van der Waals surface area contributed by atoms with Crippen LogP contribution in [0.3, 0.4) is 0 Å². The smallest absolute Gasteiger partial charge is 0.343 e. The van der Waals surface area contributed by atoms with E-state index < -0.39 is 44.8 Å². The summed E-state index contributed by atoms with van der Waals surface area (Å²) in [6.07, 6.45) is -4.34. The van der Waals surface area contributed by atoms with Crippen LogP contribution in [-0.4, -0.2) is 49.8 Å². The summed E-state index contributed by atoms with van der Waals surface area (Å²) >= 11 is 0. The minimum Gasteiger partial charge on any atom is -0.343 e. The molecule has 2 heterocycles. The summed E-state index contributed by atoms with van der Waals surface area (Å²) in [5, 5.41) is 2.53. The van der Waals surface area contributed by atoms with E-state index in [1.165, 1.54) is 4.90 Å². The number of nitrogens with zero attached hydrogens (tertiary/aromatic N) is 1. The number of benzene rings is 1. The topological polar surface area (TPSA) is 95.6 Å². The lowest BCUT2D eigenvalue weighted by atomic mass is 9.94. The summed E-state index contributed by atoms with van der Waals surface area (Å²) in [6, 6.07) is 1.36. The quantitative estimate of drug-likeness (QED) is 0.780. The van der Waals surface area contributed by atoms with Crippen LogP contribution in [0, 0.1) is 0 Å². The van der Waals surface area contributed by atoms with E-state index in [1.807, 2.05) is 0 Å². The van der Waals surface area contributed by atoms with Gasteiger partial charge in [0.1, 0.15) is 12.1 Å². The maximum Gasteiger partial charge on any atom is 0.416 e. The number of carbonyl (C=O) groups is 2. The van der Waals surface area contributed by atoms with Gasteiger partial charge in [-0.25, -0.2) is 13.1 Å². The second kappa shape index (κ2) is 6.79. The van der Waals surface area contributed by atoms with Gasteiger partial charge in [0.05, 0.1) is 10.5 Å². The highest BCUT2D eigenvalue weighted by molar-refractivity contribution is 7.89. The Morgan fingerprint density at radius 1 is 1.26 bits per heavy atom. The Hall–Kier alpha value is -2.14. The zero-order valence-corrected chi connectivity index (χ0v) is 15.1. The van der Waals surface area contributed by atoms with Crippen molar-refractivity contribution in [1.82, 2.24) is 14.9 Å². The summed E-state index contributed by atoms with van der Waals surface area (Å²) < 4.78 is 65.8. The molecule has 2 amide bonds. The Kier molecular flexibility index (Phi) is 4.93. The van der Waals surface area contributed by atoms with E-state index in [0.717, 1.165) is 18.2 Å². The molecule has 0 bridgehead atoms. The molecule has 2 saturated heterocycles. The monoisotopic (exact) mass is 405 g/mol. The predicted molar refractivity (Wildman–Crippen MR) is 87.9 cm³/mol. The molecule has 11 heteroatoms. The molecule has 0 spiro atoms. The lowest BCUT2D eigenvalue weighted by Crippen LogP contribution is -2.66. The summed E-state index contributed by atoms with van der Waals surface area (Å²) in [6.45, 7) is 1.76. The molecule has 7 nitrogen and oxygen atoms in total. The number of halogens is 3. The Balaban J connectivity index is 1.76. The predicted octanol–water partition coefficient (Wildman–Crippen LogP) is 0.862. The van der Waals surface area contributed by atoms with Crippen molar-refractivity contribution in [3.05, 3.63) is 29.8 Å². The Labute approximate surface area is 154 Å². The molecule has 2 aliphatic heterocycles. The number of piperazine rings is 1. The minimum atomic E-state index is -4.66. The first-order valence-corrected chi connectivity index (χ1v) is 9.78. The van der Waals surface area contributed by atoms with Crippen LogP contribution < -0.4 is 10.0 Å². The molecule has 1 aromatic rings. The number of nitrogens with one attached hydrogen (secondary N) is 2. The summed E-state index contributed by atoms with van der Waals surface area (Å²) in [4.78, 5) is 25.1. The molecule has 2 aliphatic rings. The third-order valence-corrected chi connectivity index (χ3v) is 6.23. The summed E-state index contributed by atoms with van der Waals surface area (Å²) in [7, 11) is -4.21. The van der Waals surface area contributed by atoms with Crippen molar-refractivity contribution >= 4 is 21.8 Å². The molecule has 148 valence electrons. The molecule has 3 atom stereocenters. The van der Waals surface area contributed by atoms with E-state index in [1.54, 1.807) is 6.92 Å². The normalized spacial score (nSPS) is 26.5. The number of piperidine rings is 1. The second-order valence-corrected chi connectivity index (χ2v) is 8.36. The Bertz CT molecular complexity index is 872. The SMILES string of the molecule is CC1NC(=O)C2CC(NS(=O)(=O)c3cccc(C(F)(F)F)c3)CCN2C1=O. The average molecular weight is 405 g/mol. The van der Waals surface area contributed by atoms with Crippen molar-refractivity contribution in [2.75, 3.05) is 6.54 Å². The van der Waals surface area contributed by atoms with Gasteiger partial charge in [0, 0.05) is 12.6 Å². The molecular weight excluding hydrogens is 387 g/mol. The lowest BCUT2D eigenvalue weighted by Gasteiger charge is -2.43. The van der Waals surface area contributed by atoms with Gasteiger partial charge in [-0.15, -0.1) is 0 Å². The van der Waals surface area contributed by atoms with E-state index in [2.05, 4.69) is 10.0 Å². The first-order chi connectivity index (χ1) is 12.5. The van der Waals surface area contributed by atoms with Gasteiger partial charge in [-0.05, 0) is 38.0 Å². The Morgan fingerprint density at radius 3 is 2.63 bits per heavy atom. The maximum absolute atomic E-state index is 12.8. The highest BCUT2D eigenvalue weighted by atomic mass is 32.2. The van der Waals surface area contributed by atoms with Gasteiger partial charge < -0.3 is 10.2 Å². The van der Waals surface area contributed by atoms with Gasteiger partial charge in [-0.1, -0.05) is 6.07 Å². The van der Waals surface area contributed by atoms with E-state index in [-0.39, 0.29) is 31.2 Å². The molecule has 3 unspecified atom stereocenters. The molecule has 0 radical (unpaired) electrons. The fourth-order valence-corrected chi connectivity index (χ4v) is 4.66. The van der Waals surface area contributed by atoms with Gasteiger partial charge >= 0.3 is 6.18 Å². The van der Waals surface area contributed by atoms with Crippen LogP contribution in [0.1, 0.15) is 25.3 Å². The fourth-order valence-electron chi connectivity index (χ4n) is 3.33. The van der Waals surface area contributed by atoms with Crippen molar-refractivity contribution in [3.8, 4) is 0 Å². The Morgan fingerprint density at radius 2 is 1.96 bits per heavy atom. The maximum atomic E-state index is 12.8. The van der Waals surface area contributed by atoms with E-state index >= 15 is 0 Å². The molecule has 2 N–H and O–H groups in total. The molecule has 0 aromatic heterocycles. The molecular formula is C16H18F3N3O4S. The van der Waals surface area contributed by atoms with Crippen molar-refractivity contribution in [2.45, 2.75) is 49.0 Å². The standard InChI is InChI=1S/C16H18F3N3O4S/c1-9-15(24)22-6-5-11(8-13(22)14(23)20-9)21-27(25,26)12-4-2-3-10(7-12)16(17,18)19/h2-4,7,9,11,13,21H,5-6,8H2,1H3,(H,20,23). The van der Waals surface area contributed by atoms with E-state index in [0.29, 0.717) is 6.07 Å². The van der Waals surface area contributed by atoms with Crippen LogP contribution >= 0.6 is 0 Å². The lowest BCUT2D eigenvalue weighted by molar-refractivity contribution is -0.151. The van der Waals surface area contributed by atoms with E-state index in [9.17, 15) is 31.2 Å². The van der Waals surface area contributed by atoms with Crippen molar-refractivity contribution < 1.29 is 31.2 Å². The van der Waals surface area contributed by atoms with Crippen LogP contribution in [-0.2, 0) is 25.8 Å². The fraction of sp³-hybridized carbons (Fsp3) is 0.500. The molecule has 0 aliphatic carbocycles. The number of fused-ring (bicyclic) bond motifs is 1. The number of hydrogen-bond donors (Lipinski definition) is 2. The molecule has 0 saturated carbocycles. The van der Waals surface area contributed by atoms with Gasteiger partial charge in [0.2, 0.25) is 21.8 Å². The van der Waals surface area contributed by atoms with Gasteiger partial charge in [0.25, 0.3) is 0 Å². The summed E-state index contributed by atoms with van der Waals surface area (Å²) in [5.74, 6) is -0.608. The minimum absolute atomic E-state index is 0.0580. The first kappa shape index (κ1) is 19.6. The number of amides is 2. The van der Waals surface area contributed by atoms with Gasteiger partial charge in [-0.3, -0.25) is 9.59 Å². The number of hydrogen-bond acceptors (Lipinski definition) is 4. The molecule has 3 rings (SSSR count). The molecule has 27 heavy (non-hydrogen) atoms. The van der Waals surface area contributed by atoms with E-state index in [4.69, 9.17) is 0 Å². The number of sulfonamides is 1. The average Bonchev–Trinajstić information content (AvgIpc) is 2.59. The van der Waals surface area contributed by atoms with Crippen LogP contribution in [0.25, 0.3) is 0 Å². The molecule has 2 fully saturated rings. The number of rotatable bonds is 3. The first-order valence-electron chi connectivity index (χ1n) is 8.29. The van der Waals surface area contributed by atoms with Crippen molar-refractivity contribution in [3.63, 3.8) is 0 Å².